The van der Waals surface area contributed by atoms with Gasteiger partial charge >= 0.3 is 0 Å². The first-order valence-electron chi connectivity index (χ1n) is 5.19. The third-order valence-corrected chi connectivity index (χ3v) is 4.09. The summed E-state index contributed by atoms with van der Waals surface area (Å²) < 4.78 is 0. The number of aromatic nitrogens is 1. The Morgan fingerprint density at radius 2 is 2.40 bits per heavy atom. The Labute approximate surface area is 99.7 Å². The van der Waals surface area contributed by atoms with Crippen LogP contribution in [0.5, 0.6) is 0 Å². The topological polar surface area (TPSA) is 19.4 Å². The Morgan fingerprint density at radius 1 is 1.60 bits per heavy atom. The van der Waals surface area contributed by atoms with E-state index in [1.807, 2.05) is 5.38 Å². The number of likely N-dealkylation sites (N-methyl/N-ethyl adjacent to an activating group) is 1. The fourth-order valence-electron chi connectivity index (χ4n) is 1.94. The molecular formula is C10H16ClN3S. The van der Waals surface area contributed by atoms with E-state index in [4.69, 9.17) is 11.6 Å². The number of halogens is 1. The zero-order chi connectivity index (χ0) is 10.8. The van der Waals surface area contributed by atoms with Crippen molar-refractivity contribution in [3.63, 3.8) is 0 Å². The summed E-state index contributed by atoms with van der Waals surface area (Å²) in [6.45, 7) is 2.17. The monoisotopic (exact) mass is 245 g/mol. The average molecular weight is 246 g/mol. The van der Waals surface area contributed by atoms with E-state index >= 15 is 0 Å². The molecule has 0 saturated carbocycles. The molecule has 0 N–H and O–H groups in total. The van der Waals surface area contributed by atoms with Crippen LogP contribution in [0.3, 0.4) is 0 Å². The van der Waals surface area contributed by atoms with E-state index in [0.717, 1.165) is 18.2 Å². The maximum absolute atomic E-state index is 5.84. The number of nitrogens with zero attached hydrogens (tertiary/aromatic N) is 3. The third kappa shape index (κ3) is 2.62. The van der Waals surface area contributed by atoms with Crippen molar-refractivity contribution in [3.05, 3.63) is 10.5 Å². The van der Waals surface area contributed by atoms with Crippen LogP contribution in [0.15, 0.2) is 5.38 Å². The van der Waals surface area contributed by atoms with E-state index in [-0.39, 0.29) is 0 Å². The lowest BCUT2D eigenvalue weighted by Crippen LogP contribution is -2.45. The fraction of sp³-hybridized carbons (Fsp3) is 0.700. The number of rotatable bonds is 2. The highest BCUT2D eigenvalue weighted by Gasteiger charge is 2.22. The van der Waals surface area contributed by atoms with Crippen LogP contribution in [-0.4, -0.2) is 43.1 Å². The van der Waals surface area contributed by atoms with Crippen LogP contribution in [0.2, 0.25) is 5.15 Å². The van der Waals surface area contributed by atoms with Gasteiger partial charge in [0.05, 0.1) is 0 Å². The molecule has 0 amide bonds. The summed E-state index contributed by atoms with van der Waals surface area (Å²) in [6.07, 6.45) is 2.52. The lowest BCUT2D eigenvalue weighted by molar-refractivity contribution is 0.258. The van der Waals surface area contributed by atoms with E-state index in [1.54, 1.807) is 11.3 Å². The number of thiazole rings is 1. The lowest BCUT2D eigenvalue weighted by atomic mass is 10.1. The number of hydrogen-bond donors (Lipinski definition) is 0. The summed E-state index contributed by atoms with van der Waals surface area (Å²) in [4.78, 5) is 8.95. The van der Waals surface area contributed by atoms with Crippen molar-refractivity contribution < 1.29 is 0 Å². The van der Waals surface area contributed by atoms with Gasteiger partial charge in [0, 0.05) is 24.5 Å². The van der Waals surface area contributed by atoms with Crippen LogP contribution >= 0.6 is 22.9 Å². The van der Waals surface area contributed by atoms with Gasteiger partial charge in [-0.25, -0.2) is 4.98 Å². The van der Waals surface area contributed by atoms with Crippen LogP contribution in [0.4, 0.5) is 5.13 Å². The molecule has 0 aromatic carbocycles. The summed E-state index contributed by atoms with van der Waals surface area (Å²) >= 11 is 7.47. The van der Waals surface area contributed by atoms with E-state index in [9.17, 15) is 0 Å². The molecule has 0 radical (unpaired) electrons. The van der Waals surface area contributed by atoms with Crippen LogP contribution in [0, 0.1) is 0 Å². The Morgan fingerprint density at radius 3 is 3.00 bits per heavy atom. The fourth-order valence-corrected chi connectivity index (χ4v) is 2.93. The van der Waals surface area contributed by atoms with Crippen LogP contribution in [-0.2, 0) is 0 Å². The lowest BCUT2D eigenvalue weighted by Gasteiger charge is -2.35. The summed E-state index contributed by atoms with van der Waals surface area (Å²) in [5.74, 6) is 0. The van der Waals surface area contributed by atoms with Crippen molar-refractivity contribution in [3.8, 4) is 0 Å². The predicted molar refractivity (Wildman–Crippen MR) is 66.0 cm³/mol. The van der Waals surface area contributed by atoms with Crippen LogP contribution in [0.25, 0.3) is 0 Å². The highest BCUT2D eigenvalue weighted by atomic mass is 35.5. The number of hydrogen-bond acceptors (Lipinski definition) is 4. The van der Waals surface area contributed by atoms with Gasteiger partial charge in [0.25, 0.3) is 0 Å². The molecule has 2 heterocycles. The molecular weight excluding hydrogens is 230 g/mol. The molecule has 1 aromatic rings. The van der Waals surface area contributed by atoms with Gasteiger partial charge in [0.1, 0.15) is 5.15 Å². The Kier molecular flexibility index (Phi) is 3.49. The Bertz CT molecular complexity index is 326. The molecule has 1 atom stereocenters. The van der Waals surface area contributed by atoms with Gasteiger partial charge < -0.3 is 9.80 Å². The van der Waals surface area contributed by atoms with Crippen molar-refractivity contribution in [1.29, 1.82) is 0 Å². The molecule has 1 aliphatic rings. The molecule has 0 bridgehead atoms. The summed E-state index contributed by atoms with van der Waals surface area (Å²) in [6, 6.07) is 0.640. The largest absolute Gasteiger partial charge is 0.346 e. The minimum absolute atomic E-state index is 0.613. The second-order valence-electron chi connectivity index (χ2n) is 4.16. The number of anilines is 1. The smallest absolute Gasteiger partial charge is 0.186 e. The molecule has 84 valence electrons. The van der Waals surface area contributed by atoms with Crippen LogP contribution in [0.1, 0.15) is 12.8 Å². The van der Waals surface area contributed by atoms with Gasteiger partial charge in [-0.15, -0.1) is 11.3 Å². The molecule has 1 fully saturated rings. The minimum Gasteiger partial charge on any atom is -0.346 e. The van der Waals surface area contributed by atoms with Gasteiger partial charge in [-0.2, -0.15) is 0 Å². The van der Waals surface area contributed by atoms with Gasteiger partial charge in [0.2, 0.25) is 0 Å². The first kappa shape index (κ1) is 11.2. The normalized spacial score (nSPS) is 22.4. The summed E-state index contributed by atoms with van der Waals surface area (Å²) in [7, 11) is 4.28. The number of piperidine rings is 1. The third-order valence-electron chi connectivity index (χ3n) is 2.86. The molecule has 15 heavy (non-hydrogen) atoms. The first-order valence-corrected chi connectivity index (χ1v) is 6.45. The van der Waals surface area contributed by atoms with Crippen molar-refractivity contribution in [2.75, 3.05) is 32.1 Å². The van der Waals surface area contributed by atoms with Crippen molar-refractivity contribution >= 4 is 28.1 Å². The molecule has 1 saturated heterocycles. The molecule has 5 heteroatoms. The van der Waals surface area contributed by atoms with Gasteiger partial charge in [-0.1, -0.05) is 11.6 Å². The molecule has 0 spiro atoms. The van der Waals surface area contributed by atoms with Crippen LogP contribution < -0.4 is 4.90 Å². The SMILES string of the molecule is CN(C)C1CCCN(c2nc(Cl)cs2)C1. The van der Waals surface area contributed by atoms with E-state index in [0.29, 0.717) is 11.2 Å². The van der Waals surface area contributed by atoms with Gasteiger partial charge in [-0.05, 0) is 26.9 Å². The van der Waals surface area contributed by atoms with Crippen molar-refractivity contribution in [1.82, 2.24) is 9.88 Å². The zero-order valence-electron chi connectivity index (χ0n) is 9.11. The minimum atomic E-state index is 0.613. The summed E-state index contributed by atoms with van der Waals surface area (Å²) in [5.41, 5.74) is 0. The van der Waals surface area contributed by atoms with Crippen molar-refractivity contribution in [2.45, 2.75) is 18.9 Å². The molecule has 1 aliphatic heterocycles. The van der Waals surface area contributed by atoms with Gasteiger partial charge in [-0.3, -0.25) is 0 Å². The highest BCUT2D eigenvalue weighted by Crippen LogP contribution is 2.26. The second-order valence-corrected chi connectivity index (χ2v) is 5.38. The van der Waals surface area contributed by atoms with E-state index < -0.39 is 0 Å². The zero-order valence-corrected chi connectivity index (χ0v) is 10.7. The molecule has 0 aliphatic carbocycles. The second kappa shape index (κ2) is 4.68. The molecule has 1 unspecified atom stereocenters. The predicted octanol–water partition coefficient (Wildman–Crippen LogP) is 2.33. The maximum Gasteiger partial charge on any atom is 0.186 e. The Balaban J connectivity index is 2.04. The Hall–Kier alpha value is -0.320. The standard InChI is InChI=1S/C10H16ClN3S/c1-13(2)8-4-3-5-14(6-8)10-12-9(11)7-15-10/h7-8H,3-6H2,1-2H3. The van der Waals surface area contributed by atoms with Gasteiger partial charge in [0.15, 0.2) is 5.13 Å². The first-order chi connectivity index (χ1) is 7.16. The summed E-state index contributed by atoms with van der Waals surface area (Å²) in [5, 5.41) is 3.57. The van der Waals surface area contributed by atoms with Crippen molar-refractivity contribution in [2.24, 2.45) is 0 Å². The quantitative estimate of drug-likeness (QED) is 0.797. The highest BCUT2D eigenvalue weighted by molar-refractivity contribution is 7.14. The molecule has 1 aromatic heterocycles. The average Bonchev–Trinajstić information content (AvgIpc) is 2.65. The molecule has 3 nitrogen and oxygen atoms in total. The maximum atomic E-state index is 5.84. The van der Waals surface area contributed by atoms with E-state index in [2.05, 4.69) is 28.9 Å². The molecule has 2 rings (SSSR count). The van der Waals surface area contributed by atoms with E-state index in [1.165, 1.54) is 12.8 Å².